The molecule has 1 radical (unpaired) electrons. The van der Waals surface area contributed by atoms with Gasteiger partial charge in [0.1, 0.15) is 18.5 Å². The van der Waals surface area contributed by atoms with E-state index in [2.05, 4.69) is 62.3 Å². The zero-order chi connectivity index (χ0) is 29.6. The van der Waals surface area contributed by atoms with Crippen LogP contribution >= 0.6 is 7.14 Å². The number of carbonyl (C=O) groups excluding carboxylic acids is 1. The predicted molar refractivity (Wildman–Crippen MR) is 150 cm³/mol. The van der Waals surface area contributed by atoms with Crippen LogP contribution in [0.1, 0.15) is 79.6 Å². The summed E-state index contributed by atoms with van der Waals surface area (Å²) in [6.07, 6.45) is -5.24. The van der Waals surface area contributed by atoms with Gasteiger partial charge in [-0.2, -0.15) is 13.2 Å². The third-order valence-corrected chi connectivity index (χ3v) is 12.4. The summed E-state index contributed by atoms with van der Waals surface area (Å²) in [5.41, 5.74) is -2.09. The molecule has 217 valence electrons. The van der Waals surface area contributed by atoms with Gasteiger partial charge in [0.2, 0.25) is 0 Å². The van der Waals surface area contributed by atoms with Gasteiger partial charge >= 0.3 is 6.18 Å². The number of halogens is 3. The minimum Gasteiger partial charge on any atom is -0.506 e. The molecule has 1 heterocycles. The van der Waals surface area contributed by atoms with Gasteiger partial charge in [0.15, 0.2) is 0 Å². The number of aromatic nitrogens is 1. The molecule has 3 rings (SSSR count). The molecule has 2 aromatic carbocycles. The molecule has 0 saturated heterocycles. The largest absolute Gasteiger partial charge is 0.506 e. The van der Waals surface area contributed by atoms with Crippen LogP contribution in [0, 0.1) is 49.4 Å². The summed E-state index contributed by atoms with van der Waals surface area (Å²) in [5.74, 6) is -3.28. The number of carbonyl (C=O) groups is 1. The minimum atomic E-state index is -5.24. The van der Waals surface area contributed by atoms with Crippen molar-refractivity contribution < 1.29 is 77.0 Å². The third-order valence-electron chi connectivity index (χ3n) is 6.76. The Bertz CT molecular complexity index is 1430. The van der Waals surface area contributed by atoms with Crippen molar-refractivity contribution in [3.8, 4) is 5.75 Å². The maximum Gasteiger partial charge on any atom is 0.455 e. The minimum absolute atomic E-state index is 0. The molecule has 0 aliphatic rings. The van der Waals surface area contributed by atoms with E-state index in [0.29, 0.717) is 10.9 Å². The maximum absolute atomic E-state index is 13.3. The van der Waals surface area contributed by atoms with Gasteiger partial charge in [-0.15, -0.1) is 0 Å². The van der Waals surface area contributed by atoms with Crippen LogP contribution in [0.25, 0.3) is 21.7 Å². The molecule has 1 aromatic heterocycles. The van der Waals surface area contributed by atoms with Crippen LogP contribution < -0.4 is 5.56 Å². The SMILES string of the molecule is CC(C)(C)P(=O)(C(C)(C)C)C(C)(C)C.CCn1c(=O)c(C(=O)C(F)(F)F)c(O)c2ccc3ccccc3c21.[Eu]. The van der Waals surface area contributed by atoms with E-state index in [1.165, 1.54) is 6.07 Å². The third kappa shape index (κ3) is 6.73. The zero-order valence-corrected chi connectivity index (χ0v) is 27.6. The van der Waals surface area contributed by atoms with Gasteiger partial charge in [-0.25, -0.2) is 0 Å². The standard InChI is InChI=1S/C17H12F3NO3.C12H27OP.Eu/c1-2-21-13-10-6-4-3-5-9(10)7-8-11(13)14(22)12(16(21)24)15(23)17(18,19)20;1-10(2,3)14(13,11(4,5)6)12(7,8)9;/h3-8,22H,2H2,1H3;1-9H3;. The van der Waals surface area contributed by atoms with Crippen molar-refractivity contribution in [3.63, 3.8) is 0 Å². The van der Waals surface area contributed by atoms with Crippen molar-refractivity contribution in [3.05, 3.63) is 52.3 Å². The Balaban J connectivity index is 0.000000439. The van der Waals surface area contributed by atoms with Crippen LogP contribution in [0.15, 0.2) is 41.2 Å². The number of benzene rings is 2. The van der Waals surface area contributed by atoms with Gasteiger partial charge in [-0.3, -0.25) is 9.59 Å². The molecule has 39 heavy (non-hydrogen) atoms. The Morgan fingerprint density at radius 3 is 1.69 bits per heavy atom. The summed E-state index contributed by atoms with van der Waals surface area (Å²) >= 11 is 0. The number of fused-ring (bicyclic) bond motifs is 3. The van der Waals surface area contributed by atoms with Gasteiger partial charge in [-0.1, -0.05) is 92.6 Å². The summed E-state index contributed by atoms with van der Waals surface area (Å²) < 4.78 is 52.7. The molecule has 0 fully saturated rings. The molecule has 5 nitrogen and oxygen atoms in total. The Hall–Kier alpha value is -1.02. The van der Waals surface area contributed by atoms with Crippen LogP contribution in [-0.2, 0) is 11.1 Å². The molecule has 10 heteroatoms. The topological polar surface area (TPSA) is 76.4 Å². The summed E-state index contributed by atoms with van der Waals surface area (Å²) in [5, 5.41) is 11.2. The molecule has 0 aliphatic carbocycles. The van der Waals surface area contributed by atoms with E-state index in [0.717, 1.165) is 9.95 Å². The van der Waals surface area contributed by atoms with Crippen LogP contribution in [0.4, 0.5) is 13.2 Å². The second-order valence-electron chi connectivity index (χ2n) is 12.4. The number of hydrogen-bond acceptors (Lipinski definition) is 4. The molecule has 0 aliphatic heterocycles. The van der Waals surface area contributed by atoms with E-state index in [1.807, 2.05) is 0 Å². The first-order valence-electron chi connectivity index (χ1n) is 12.5. The van der Waals surface area contributed by atoms with E-state index < -0.39 is 36.0 Å². The summed E-state index contributed by atoms with van der Waals surface area (Å²) in [4.78, 5) is 24.0. The molecule has 0 amide bonds. The predicted octanol–water partition coefficient (Wildman–Crippen LogP) is 8.37. The Morgan fingerprint density at radius 1 is 0.846 bits per heavy atom. The number of rotatable bonds is 2. The van der Waals surface area contributed by atoms with Crippen molar-refractivity contribution in [1.29, 1.82) is 0 Å². The average molecular weight is 706 g/mol. The summed E-state index contributed by atoms with van der Waals surface area (Å²) in [6.45, 7) is 20.6. The Labute approximate surface area is 269 Å². The van der Waals surface area contributed by atoms with Crippen molar-refractivity contribution in [1.82, 2.24) is 4.57 Å². The maximum atomic E-state index is 13.3. The van der Waals surface area contributed by atoms with Gasteiger partial charge in [0.05, 0.1) is 5.52 Å². The van der Waals surface area contributed by atoms with E-state index in [-0.39, 0.29) is 76.8 Å². The number of aromatic hydroxyl groups is 1. The van der Waals surface area contributed by atoms with E-state index in [9.17, 15) is 32.4 Å². The number of Topliss-reactive ketones (excluding diaryl/α,β-unsaturated/α-hetero) is 1. The first-order valence-corrected chi connectivity index (χ1v) is 14.2. The van der Waals surface area contributed by atoms with Crippen molar-refractivity contribution in [2.24, 2.45) is 0 Å². The Kier molecular flexibility index (Phi) is 11.1. The molecule has 0 saturated carbocycles. The van der Waals surface area contributed by atoms with Crippen LogP contribution in [0.5, 0.6) is 5.75 Å². The van der Waals surface area contributed by atoms with Crippen molar-refractivity contribution in [2.75, 3.05) is 0 Å². The van der Waals surface area contributed by atoms with Gasteiger partial charge < -0.3 is 14.2 Å². The quantitative estimate of drug-likeness (QED) is 0.165. The number of hydrogen-bond donors (Lipinski definition) is 1. The molecule has 0 bridgehead atoms. The number of alkyl halides is 3. The molecular weight excluding hydrogens is 666 g/mol. The molecule has 0 atom stereocenters. The second kappa shape index (κ2) is 12.1. The fourth-order valence-corrected chi connectivity index (χ4v) is 11.9. The van der Waals surface area contributed by atoms with Crippen LogP contribution in [0.3, 0.4) is 0 Å². The van der Waals surface area contributed by atoms with E-state index >= 15 is 0 Å². The first-order chi connectivity index (χ1) is 17.0. The van der Waals surface area contributed by atoms with Crippen molar-refractivity contribution >= 4 is 34.6 Å². The molecule has 0 spiro atoms. The normalized spacial score (nSPS) is 13.1. The second-order valence-corrected chi connectivity index (χ2v) is 17.6. The fourth-order valence-electron chi connectivity index (χ4n) is 5.88. The zero-order valence-electron chi connectivity index (χ0n) is 24.2. The summed E-state index contributed by atoms with van der Waals surface area (Å²) in [7, 11) is -2.27. The number of nitrogens with zero attached hydrogens (tertiary/aromatic N) is 1. The Morgan fingerprint density at radius 2 is 1.31 bits per heavy atom. The monoisotopic (exact) mass is 706 g/mol. The summed E-state index contributed by atoms with van der Waals surface area (Å²) in [6, 6.07) is 10.0. The van der Waals surface area contributed by atoms with E-state index in [1.54, 1.807) is 37.3 Å². The van der Waals surface area contributed by atoms with E-state index in [4.69, 9.17) is 0 Å². The molecular formula is C29H39EuF3NO4P. The van der Waals surface area contributed by atoms with Gasteiger partial charge in [0.25, 0.3) is 11.3 Å². The first kappa shape index (κ1) is 36.0. The molecule has 0 unspecified atom stereocenters. The number of aryl methyl sites for hydroxylation is 1. The average Bonchev–Trinajstić information content (AvgIpc) is 2.76. The van der Waals surface area contributed by atoms with Gasteiger partial charge in [-0.05, 0) is 18.4 Å². The number of pyridine rings is 1. The number of ketones is 1. The van der Waals surface area contributed by atoms with Gasteiger partial charge in [0, 0.05) is 82.2 Å². The smallest absolute Gasteiger partial charge is 0.455 e. The molecule has 1 N–H and O–H groups in total. The fraction of sp³-hybridized carbons (Fsp3) is 0.517. The van der Waals surface area contributed by atoms with Crippen molar-refractivity contribution in [2.45, 2.75) is 97.4 Å². The van der Waals surface area contributed by atoms with Crippen LogP contribution in [0.2, 0.25) is 0 Å². The molecule has 3 aromatic rings. The van der Waals surface area contributed by atoms with Crippen LogP contribution in [-0.4, -0.2) is 37.1 Å².